The first-order valence-corrected chi connectivity index (χ1v) is 9.28. The highest BCUT2D eigenvalue weighted by Gasteiger charge is 2.20. The Bertz CT molecular complexity index is 754. The van der Waals surface area contributed by atoms with Crippen LogP contribution in [0.4, 0.5) is 0 Å². The smallest absolute Gasteiger partial charge is 0.128 e. The zero-order chi connectivity index (χ0) is 15.4. The zero-order valence-electron chi connectivity index (χ0n) is 12.2. The number of hydrogen-bond acceptors (Lipinski definition) is 6. The third kappa shape index (κ3) is 3.09. The maximum absolute atomic E-state index is 9.19. The molecule has 2 heterocycles. The van der Waals surface area contributed by atoms with E-state index < -0.39 is 0 Å². The Morgan fingerprint density at radius 2 is 2.14 bits per heavy atom. The number of hydrogen-bond donors (Lipinski definition) is 0. The fourth-order valence-electron chi connectivity index (χ4n) is 2.77. The number of nitriles is 2. The van der Waals surface area contributed by atoms with Crippen LogP contribution in [-0.2, 0) is 12.8 Å². The van der Waals surface area contributed by atoms with Crippen molar-refractivity contribution in [1.29, 1.82) is 10.5 Å². The highest BCUT2D eigenvalue weighted by atomic mass is 32.2. The van der Waals surface area contributed by atoms with Crippen LogP contribution < -0.4 is 0 Å². The molecule has 22 heavy (non-hydrogen) atoms. The Hall–Kier alpha value is -1.63. The van der Waals surface area contributed by atoms with Crippen molar-refractivity contribution in [2.45, 2.75) is 43.6 Å². The molecule has 0 radical (unpaired) electrons. The van der Waals surface area contributed by atoms with E-state index in [-0.39, 0.29) is 5.92 Å². The van der Waals surface area contributed by atoms with Crippen molar-refractivity contribution in [3.63, 3.8) is 0 Å². The van der Waals surface area contributed by atoms with Crippen molar-refractivity contribution in [3.05, 3.63) is 16.8 Å². The van der Waals surface area contributed by atoms with Crippen LogP contribution in [0.3, 0.4) is 0 Å². The maximum atomic E-state index is 9.19. The van der Waals surface area contributed by atoms with Gasteiger partial charge in [-0.2, -0.15) is 10.5 Å². The largest absolute Gasteiger partial charge is 0.229 e. The van der Waals surface area contributed by atoms with Gasteiger partial charge in [0, 0.05) is 22.4 Å². The Kier molecular flexibility index (Phi) is 4.92. The van der Waals surface area contributed by atoms with Crippen molar-refractivity contribution in [2.75, 3.05) is 5.75 Å². The summed E-state index contributed by atoms with van der Waals surface area (Å²) < 4.78 is 0. The minimum Gasteiger partial charge on any atom is -0.229 e. The number of rotatable bonds is 5. The Morgan fingerprint density at radius 3 is 2.95 bits per heavy atom. The van der Waals surface area contributed by atoms with Gasteiger partial charge in [0.05, 0.1) is 18.1 Å². The number of thioether (sulfide) groups is 1. The van der Waals surface area contributed by atoms with Crippen LogP contribution in [0.2, 0.25) is 0 Å². The Balaban J connectivity index is 1.83. The van der Waals surface area contributed by atoms with Gasteiger partial charge in [0.2, 0.25) is 0 Å². The second kappa shape index (κ2) is 7.09. The van der Waals surface area contributed by atoms with Crippen molar-refractivity contribution < 1.29 is 0 Å². The standard InChI is InChI=1S/C16H16N4S2/c17-7-3-4-11(8-18)9-21-15-14-12-5-1-2-6-13(12)22-16(14)20-10-19-15/h10-11H,1-6,9H2/t11-/m0/s1. The van der Waals surface area contributed by atoms with Crippen LogP contribution >= 0.6 is 23.1 Å². The van der Waals surface area contributed by atoms with Crippen molar-refractivity contribution in [1.82, 2.24) is 9.97 Å². The quantitative estimate of drug-likeness (QED) is 0.610. The average molecular weight is 328 g/mol. The van der Waals surface area contributed by atoms with Crippen LogP contribution in [0.25, 0.3) is 10.2 Å². The Labute approximate surface area is 138 Å². The lowest BCUT2D eigenvalue weighted by molar-refractivity contribution is 0.685. The molecule has 0 bridgehead atoms. The number of fused-ring (bicyclic) bond motifs is 3. The van der Waals surface area contributed by atoms with Gasteiger partial charge in [-0.25, -0.2) is 9.97 Å². The molecule has 6 heteroatoms. The first-order valence-electron chi connectivity index (χ1n) is 7.48. The molecule has 0 saturated carbocycles. The summed E-state index contributed by atoms with van der Waals surface area (Å²) in [5.41, 5.74) is 1.43. The molecule has 0 aliphatic heterocycles. The number of aromatic nitrogens is 2. The molecule has 0 N–H and O–H groups in total. The molecule has 0 saturated heterocycles. The molecule has 112 valence electrons. The minimum atomic E-state index is -0.0934. The summed E-state index contributed by atoms with van der Waals surface area (Å²) in [6.07, 6.45) is 7.47. The average Bonchev–Trinajstić information content (AvgIpc) is 2.94. The summed E-state index contributed by atoms with van der Waals surface area (Å²) >= 11 is 3.43. The topological polar surface area (TPSA) is 73.4 Å². The van der Waals surface area contributed by atoms with Gasteiger partial charge in [-0.1, -0.05) is 0 Å². The second-order valence-electron chi connectivity index (χ2n) is 5.40. The van der Waals surface area contributed by atoms with E-state index in [4.69, 9.17) is 5.26 Å². The molecule has 1 atom stereocenters. The molecule has 0 amide bonds. The monoisotopic (exact) mass is 328 g/mol. The van der Waals surface area contributed by atoms with Crippen molar-refractivity contribution >= 4 is 33.3 Å². The van der Waals surface area contributed by atoms with Gasteiger partial charge in [0.25, 0.3) is 0 Å². The normalized spacial score (nSPS) is 15.0. The SMILES string of the molecule is N#CCC[C@@H](C#N)CSc1ncnc2sc3c(c12)CCCC3. The van der Waals surface area contributed by atoms with E-state index in [1.807, 2.05) is 0 Å². The molecule has 1 aliphatic rings. The van der Waals surface area contributed by atoms with Gasteiger partial charge in [-0.3, -0.25) is 0 Å². The number of aryl methyl sites for hydroxylation is 2. The first kappa shape index (κ1) is 15.3. The van der Waals surface area contributed by atoms with Crippen molar-refractivity contribution in [3.8, 4) is 12.1 Å². The molecular formula is C16H16N4S2. The Morgan fingerprint density at radius 1 is 1.27 bits per heavy atom. The van der Waals surface area contributed by atoms with E-state index in [1.54, 1.807) is 29.4 Å². The summed E-state index contributed by atoms with van der Waals surface area (Å²) in [5.74, 6) is 0.596. The fourth-order valence-corrected chi connectivity index (χ4v) is 5.15. The van der Waals surface area contributed by atoms with E-state index >= 15 is 0 Å². The molecule has 2 aromatic heterocycles. The summed E-state index contributed by atoms with van der Waals surface area (Å²) in [6, 6.07) is 4.41. The zero-order valence-corrected chi connectivity index (χ0v) is 13.8. The second-order valence-corrected chi connectivity index (χ2v) is 7.50. The van der Waals surface area contributed by atoms with E-state index in [9.17, 15) is 5.26 Å². The van der Waals surface area contributed by atoms with E-state index in [0.29, 0.717) is 18.6 Å². The number of thiophene rings is 1. The molecule has 3 rings (SSSR count). The lowest BCUT2D eigenvalue weighted by Gasteiger charge is -2.12. The van der Waals surface area contributed by atoms with Crippen LogP contribution in [0, 0.1) is 28.6 Å². The fraction of sp³-hybridized carbons (Fsp3) is 0.500. The minimum absolute atomic E-state index is 0.0934. The highest BCUT2D eigenvalue weighted by Crippen LogP contribution is 2.39. The lowest BCUT2D eigenvalue weighted by atomic mass is 9.97. The molecule has 0 aromatic carbocycles. The molecule has 0 fully saturated rings. The summed E-state index contributed by atoms with van der Waals surface area (Å²) in [4.78, 5) is 11.4. The third-order valence-electron chi connectivity index (χ3n) is 3.92. The van der Waals surface area contributed by atoms with Gasteiger partial charge in [0.1, 0.15) is 16.2 Å². The lowest BCUT2D eigenvalue weighted by Crippen LogP contribution is -2.02. The molecule has 0 unspecified atom stereocenters. The first-order chi connectivity index (χ1) is 10.8. The van der Waals surface area contributed by atoms with Gasteiger partial charge in [-0.15, -0.1) is 23.1 Å². The summed E-state index contributed by atoms with van der Waals surface area (Å²) in [7, 11) is 0. The van der Waals surface area contributed by atoms with Crippen LogP contribution in [0.15, 0.2) is 11.4 Å². The van der Waals surface area contributed by atoms with E-state index in [1.165, 1.54) is 28.7 Å². The maximum Gasteiger partial charge on any atom is 0.128 e. The van der Waals surface area contributed by atoms with Crippen molar-refractivity contribution in [2.24, 2.45) is 5.92 Å². The number of nitrogens with zero attached hydrogens (tertiary/aromatic N) is 4. The third-order valence-corrected chi connectivity index (χ3v) is 6.28. The summed E-state index contributed by atoms with van der Waals surface area (Å²) in [6.45, 7) is 0. The van der Waals surface area contributed by atoms with Crippen LogP contribution in [-0.4, -0.2) is 15.7 Å². The van der Waals surface area contributed by atoms with Gasteiger partial charge in [-0.05, 0) is 37.7 Å². The molecule has 1 aliphatic carbocycles. The van der Waals surface area contributed by atoms with Gasteiger partial charge < -0.3 is 0 Å². The van der Waals surface area contributed by atoms with E-state index in [0.717, 1.165) is 22.7 Å². The van der Waals surface area contributed by atoms with Gasteiger partial charge in [0.15, 0.2) is 0 Å². The van der Waals surface area contributed by atoms with Gasteiger partial charge >= 0.3 is 0 Å². The van der Waals surface area contributed by atoms with Crippen LogP contribution in [0.5, 0.6) is 0 Å². The molecule has 2 aromatic rings. The van der Waals surface area contributed by atoms with Crippen LogP contribution in [0.1, 0.15) is 36.1 Å². The predicted octanol–water partition coefficient (Wildman–Crippen LogP) is 4.11. The predicted molar refractivity (Wildman–Crippen MR) is 88.7 cm³/mol. The molecule has 4 nitrogen and oxygen atoms in total. The summed E-state index contributed by atoms with van der Waals surface area (Å²) in [5, 5.41) is 20.1. The molecule has 0 spiro atoms. The van der Waals surface area contributed by atoms with E-state index in [2.05, 4.69) is 22.1 Å². The highest BCUT2D eigenvalue weighted by molar-refractivity contribution is 7.99. The molecular weight excluding hydrogens is 312 g/mol.